The third-order valence-corrected chi connectivity index (χ3v) is 5.17. The molecule has 1 saturated heterocycles. The van der Waals surface area contributed by atoms with Crippen LogP contribution in [0.15, 0.2) is 54.6 Å². The third-order valence-electron chi connectivity index (χ3n) is 5.17. The number of nitrogens with zero attached hydrogens (tertiary/aromatic N) is 1. The van der Waals surface area contributed by atoms with Gasteiger partial charge in [-0.1, -0.05) is 30.3 Å². The summed E-state index contributed by atoms with van der Waals surface area (Å²) < 4.78 is 10.5. The molecule has 1 fully saturated rings. The second-order valence-electron chi connectivity index (χ2n) is 7.59. The van der Waals surface area contributed by atoms with Gasteiger partial charge in [-0.2, -0.15) is 0 Å². The van der Waals surface area contributed by atoms with Crippen molar-refractivity contribution >= 4 is 23.4 Å². The van der Waals surface area contributed by atoms with E-state index in [1.165, 1.54) is 0 Å². The fraction of sp³-hybridized carbons (Fsp3) is 0.375. The van der Waals surface area contributed by atoms with E-state index in [9.17, 15) is 14.4 Å². The first-order valence-corrected chi connectivity index (χ1v) is 10.7. The summed E-state index contributed by atoms with van der Waals surface area (Å²) in [5.74, 6) is -0.251. The number of amides is 3. The zero-order valence-electron chi connectivity index (χ0n) is 18.2. The highest BCUT2D eigenvalue weighted by Crippen LogP contribution is 2.27. The molecule has 1 atom stereocenters. The summed E-state index contributed by atoms with van der Waals surface area (Å²) in [7, 11) is 1.62. The predicted octanol–water partition coefficient (Wildman–Crippen LogP) is 1.89. The van der Waals surface area contributed by atoms with Gasteiger partial charge < -0.3 is 25.0 Å². The van der Waals surface area contributed by atoms with E-state index >= 15 is 0 Å². The number of benzene rings is 2. The van der Waals surface area contributed by atoms with E-state index in [0.717, 1.165) is 12.0 Å². The van der Waals surface area contributed by atoms with Crippen LogP contribution in [0.3, 0.4) is 0 Å². The molecule has 2 aromatic rings. The Balaban J connectivity index is 1.44. The maximum atomic E-state index is 12.4. The summed E-state index contributed by atoms with van der Waals surface area (Å²) >= 11 is 0. The summed E-state index contributed by atoms with van der Waals surface area (Å²) in [4.78, 5) is 38.3. The maximum absolute atomic E-state index is 12.4. The Labute approximate surface area is 187 Å². The lowest BCUT2D eigenvalue weighted by Crippen LogP contribution is -2.33. The van der Waals surface area contributed by atoms with Crippen molar-refractivity contribution in [3.63, 3.8) is 0 Å². The molecule has 2 N–H and O–H groups in total. The first-order chi connectivity index (χ1) is 15.6. The van der Waals surface area contributed by atoms with Crippen molar-refractivity contribution in [1.82, 2.24) is 10.6 Å². The van der Waals surface area contributed by atoms with Gasteiger partial charge in [-0.05, 0) is 36.2 Å². The van der Waals surface area contributed by atoms with Gasteiger partial charge in [0.15, 0.2) is 6.61 Å². The Kier molecular flexibility index (Phi) is 8.62. The van der Waals surface area contributed by atoms with Crippen LogP contribution in [0, 0.1) is 5.92 Å². The number of methoxy groups -OCH3 is 1. The molecule has 3 amide bonds. The van der Waals surface area contributed by atoms with Crippen molar-refractivity contribution in [1.29, 1.82) is 0 Å². The minimum absolute atomic E-state index is 0.0870. The maximum Gasteiger partial charge on any atom is 0.258 e. The Hall–Kier alpha value is -3.39. The predicted molar refractivity (Wildman–Crippen MR) is 120 cm³/mol. The Morgan fingerprint density at radius 1 is 1.06 bits per heavy atom. The topological polar surface area (TPSA) is 97.0 Å². The van der Waals surface area contributed by atoms with Crippen LogP contribution in [0.5, 0.6) is 5.75 Å². The number of rotatable bonds is 11. The lowest BCUT2D eigenvalue weighted by Gasteiger charge is -2.17. The molecule has 1 aliphatic rings. The van der Waals surface area contributed by atoms with Crippen LogP contribution in [0.25, 0.3) is 0 Å². The van der Waals surface area contributed by atoms with Gasteiger partial charge in [0, 0.05) is 45.5 Å². The highest BCUT2D eigenvalue weighted by atomic mass is 16.5. The molecule has 0 aliphatic carbocycles. The Morgan fingerprint density at radius 2 is 1.81 bits per heavy atom. The number of hydrogen-bond acceptors (Lipinski definition) is 5. The number of ether oxygens (including phenoxy) is 2. The quantitative estimate of drug-likeness (QED) is 0.521. The Morgan fingerprint density at radius 3 is 2.53 bits per heavy atom. The summed E-state index contributed by atoms with van der Waals surface area (Å²) in [6.45, 7) is 1.80. The van der Waals surface area contributed by atoms with E-state index in [1.807, 2.05) is 30.3 Å². The van der Waals surface area contributed by atoms with Gasteiger partial charge in [-0.25, -0.2) is 0 Å². The average molecular weight is 440 g/mol. The second kappa shape index (κ2) is 11.9. The molecule has 170 valence electrons. The van der Waals surface area contributed by atoms with Gasteiger partial charge in [-0.15, -0.1) is 0 Å². The summed E-state index contributed by atoms with van der Waals surface area (Å²) in [5, 5.41) is 5.66. The zero-order chi connectivity index (χ0) is 22.8. The second-order valence-corrected chi connectivity index (χ2v) is 7.59. The monoisotopic (exact) mass is 439 g/mol. The van der Waals surface area contributed by atoms with Gasteiger partial charge in [0.25, 0.3) is 5.91 Å². The van der Waals surface area contributed by atoms with E-state index in [0.29, 0.717) is 37.7 Å². The number of carbonyl (C=O) groups excluding carboxylic acids is 3. The SMILES string of the molecule is COCCCNC(=O)[C@H]1CC(=O)N(c2ccc(OCC(=O)NCc3ccccc3)cc2)C1. The molecular weight excluding hydrogens is 410 g/mol. The standard InChI is InChI=1S/C24H29N3O5/c1-31-13-5-12-25-24(30)19-14-23(29)27(16-19)20-8-10-21(11-9-20)32-17-22(28)26-15-18-6-3-2-4-7-18/h2-4,6-11,19H,5,12-17H2,1H3,(H,25,30)(H,26,28)/t19-/m0/s1. The molecule has 3 rings (SSSR count). The van der Waals surface area contributed by atoms with Crippen LogP contribution in [0.1, 0.15) is 18.4 Å². The molecule has 0 aromatic heterocycles. The minimum Gasteiger partial charge on any atom is -0.484 e. The normalized spacial score (nSPS) is 15.5. The number of hydrogen-bond donors (Lipinski definition) is 2. The number of carbonyl (C=O) groups is 3. The molecule has 1 aliphatic heterocycles. The molecule has 8 heteroatoms. The first-order valence-electron chi connectivity index (χ1n) is 10.7. The lowest BCUT2D eigenvalue weighted by molar-refractivity contribution is -0.126. The highest BCUT2D eigenvalue weighted by Gasteiger charge is 2.34. The first kappa shape index (κ1) is 23.3. The van der Waals surface area contributed by atoms with Gasteiger partial charge in [-0.3, -0.25) is 14.4 Å². The molecular formula is C24H29N3O5. The summed E-state index contributed by atoms with van der Waals surface area (Å²) in [6.07, 6.45) is 0.925. The van der Waals surface area contributed by atoms with E-state index in [4.69, 9.17) is 9.47 Å². The van der Waals surface area contributed by atoms with E-state index < -0.39 is 0 Å². The smallest absolute Gasteiger partial charge is 0.258 e. The summed E-state index contributed by atoms with van der Waals surface area (Å²) in [5.41, 5.74) is 1.72. The van der Waals surface area contributed by atoms with Crippen LogP contribution in [-0.2, 0) is 25.7 Å². The van der Waals surface area contributed by atoms with Gasteiger partial charge in [0.2, 0.25) is 11.8 Å². The largest absolute Gasteiger partial charge is 0.484 e. The van der Waals surface area contributed by atoms with Crippen LogP contribution in [-0.4, -0.2) is 51.1 Å². The fourth-order valence-corrected chi connectivity index (χ4v) is 3.42. The lowest BCUT2D eigenvalue weighted by atomic mass is 10.1. The van der Waals surface area contributed by atoms with Crippen LogP contribution >= 0.6 is 0 Å². The van der Waals surface area contributed by atoms with Crippen LogP contribution in [0.2, 0.25) is 0 Å². The van der Waals surface area contributed by atoms with E-state index in [1.54, 1.807) is 36.3 Å². The van der Waals surface area contributed by atoms with Crippen molar-refractivity contribution in [2.45, 2.75) is 19.4 Å². The van der Waals surface area contributed by atoms with Crippen LogP contribution in [0.4, 0.5) is 5.69 Å². The molecule has 0 saturated carbocycles. The molecule has 2 aromatic carbocycles. The fourth-order valence-electron chi connectivity index (χ4n) is 3.42. The van der Waals surface area contributed by atoms with Crippen LogP contribution < -0.4 is 20.3 Å². The van der Waals surface area contributed by atoms with Crippen molar-refractivity contribution in [2.75, 3.05) is 38.3 Å². The number of nitrogens with one attached hydrogen (secondary N) is 2. The third kappa shape index (κ3) is 6.81. The highest BCUT2D eigenvalue weighted by molar-refractivity contribution is 6.00. The molecule has 8 nitrogen and oxygen atoms in total. The molecule has 32 heavy (non-hydrogen) atoms. The van der Waals surface area contributed by atoms with Crippen molar-refractivity contribution in [3.05, 3.63) is 60.2 Å². The van der Waals surface area contributed by atoms with Crippen molar-refractivity contribution in [2.24, 2.45) is 5.92 Å². The number of anilines is 1. The average Bonchev–Trinajstić information content (AvgIpc) is 3.21. The molecule has 0 radical (unpaired) electrons. The molecule has 0 bridgehead atoms. The molecule has 1 heterocycles. The zero-order valence-corrected chi connectivity index (χ0v) is 18.2. The minimum atomic E-state index is -0.366. The van der Waals surface area contributed by atoms with E-state index in [2.05, 4.69) is 10.6 Å². The van der Waals surface area contributed by atoms with Crippen molar-refractivity contribution in [3.8, 4) is 5.75 Å². The van der Waals surface area contributed by atoms with Gasteiger partial charge in [0.1, 0.15) is 5.75 Å². The van der Waals surface area contributed by atoms with Gasteiger partial charge in [0.05, 0.1) is 5.92 Å². The Bertz CT molecular complexity index is 902. The molecule has 0 unspecified atom stereocenters. The van der Waals surface area contributed by atoms with Gasteiger partial charge >= 0.3 is 0 Å². The van der Waals surface area contributed by atoms with E-state index in [-0.39, 0.29) is 36.7 Å². The molecule has 0 spiro atoms. The van der Waals surface area contributed by atoms with Crippen molar-refractivity contribution < 1.29 is 23.9 Å². The summed E-state index contributed by atoms with van der Waals surface area (Å²) in [6, 6.07) is 16.6.